The molecule has 19 heteroatoms. The van der Waals surface area contributed by atoms with Crippen LogP contribution in [0.1, 0.15) is 401 Å². The molecule has 0 amide bonds. The molecule has 0 radical (unpaired) electrons. The zero-order chi connectivity index (χ0) is 70.7. The van der Waals surface area contributed by atoms with Gasteiger partial charge in [-0.2, -0.15) is 0 Å². The van der Waals surface area contributed by atoms with Gasteiger partial charge in [-0.25, -0.2) is 9.13 Å². The fourth-order valence-corrected chi connectivity index (χ4v) is 13.4. The van der Waals surface area contributed by atoms with Gasteiger partial charge in [-0.05, 0) is 37.5 Å². The highest BCUT2D eigenvalue weighted by molar-refractivity contribution is 7.47. The van der Waals surface area contributed by atoms with Crippen LogP contribution in [0.3, 0.4) is 0 Å². The SMILES string of the molecule is CCCCCCCCCCCCCCCCCCCCCCCCC(=O)O[C@H](COC(=O)CCCCCCCCCCCCC(C)CC)COP(=O)(O)OC[C@@H](O)COP(=O)(O)OC[C@@H](COC(=O)CCCCCCCCCCCC)OC(=O)CCCCCCCCCC(C)C. The van der Waals surface area contributed by atoms with Gasteiger partial charge in [0.25, 0.3) is 0 Å². The van der Waals surface area contributed by atoms with Crippen molar-refractivity contribution in [1.29, 1.82) is 0 Å². The topological polar surface area (TPSA) is 237 Å². The average molecular weight is 1410 g/mol. The van der Waals surface area contributed by atoms with Gasteiger partial charge in [-0.15, -0.1) is 0 Å². The van der Waals surface area contributed by atoms with Crippen molar-refractivity contribution in [3.05, 3.63) is 0 Å². The van der Waals surface area contributed by atoms with Crippen LogP contribution in [0.4, 0.5) is 0 Å². The molecule has 0 saturated heterocycles. The van der Waals surface area contributed by atoms with Crippen molar-refractivity contribution in [2.24, 2.45) is 11.8 Å². The Hall–Kier alpha value is -1.94. The Balaban J connectivity index is 5.18. The molecule has 0 bridgehead atoms. The van der Waals surface area contributed by atoms with E-state index in [4.69, 9.17) is 37.0 Å². The summed E-state index contributed by atoms with van der Waals surface area (Å²) in [6, 6.07) is 0. The Morgan fingerprint density at radius 1 is 0.302 bits per heavy atom. The predicted octanol–water partition coefficient (Wildman–Crippen LogP) is 22.7. The Labute approximate surface area is 588 Å². The Morgan fingerprint density at radius 3 is 0.792 bits per heavy atom. The van der Waals surface area contributed by atoms with Crippen LogP contribution in [0, 0.1) is 11.8 Å². The lowest BCUT2D eigenvalue weighted by Crippen LogP contribution is -2.30. The lowest BCUT2D eigenvalue weighted by molar-refractivity contribution is -0.161. The molecule has 3 unspecified atom stereocenters. The van der Waals surface area contributed by atoms with E-state index in [9.17, 15) is 43.2 Å². The fourth-order valence-electron chi connectivity index (χ4n) is 11.8. The lowest BCUT2D eigenvalue weighted by atomic mass is 9.99. The minimum atomic E-state index is -4.96. The Morgan fingerprint density at radius 2 is 0.531 bits per heavy atom. The van der Waals surface area contributed by atoms with Crippen LogP contribution in [0.15, 0.2) is 0 Å². The third-order valence-electron chi connectivity index (χ3n) is 18.3. The number of esters is 4. The van der Waals surface area contributed by atoms with Gasteiger partial charge in [-0.3, -0.25) is 37.3 Å². The second-order valence-corrected chi connectivity index (χ2v) is 31.4. The van der Waals surface area contributed by atoms with Gasteiger partial charge < -0.3 is 33.8 Å². The van der Waals surface area contributed by atoms with E-state index in [-0.39, 0.29) is 25.7 Å². The maximum atomic E-state index is 13.1. The van der Waals surface area contributed by atoms with Gasteiger partial charge in [0.05, 0.1) is 26.4 Å². The molecule has 0 saturated carbocycles. The Kier molecular flexibility index (Phi) is 67.4. The number of carbonyl (C=O) groups excluding carboxylic acids is 4. The summed E-state index contributed by atoms with van der Waals surface area (Å²) in [5.74, 6) is -0.614. The van der Waals surface area contributed by atoms with Gasteiger partial charge in [0.1, 0.15) is 19.3 Å². The number of rotatable bonds is 76. The number of hydrogen-bond acceptors (Lipinski definition) is 15. The van der Waals surface area contributed by atoms with Crippen molar-refractivity contribution >= 4 is 39.5 Å². The predicted molar refractivity (Wildman–Crippen MR) is 391 cm³/mol. The number of hydrogen-bond donors (Lipinski definition) is 3. The average Bonchev–Trinajstić information content (AvgIpc) is 2.51. The molecule has 0 fully saturated rings. The van der Waals surface area contributed by atoms with Gasteiger partial charge in [0.2, 0.25) is 0 Å². The van der Waals surface area contributed by atoms with Gasteiger partial charge >= 0.3 is 39.5 Å². The number of aliphatic hydroxyl groups is 1. The quantitative estimate of drug-likeness (QED) is 0.0222. The molecule has 0 aromatic rings. The van der Waals surface area contributed by atoms with Gasteiger partial charge in [0, 0.05) is 25.7 Å². The molecule has 17 nitrogen and oxygen atoms in total. The number of unbranched alkanes of at least 4 members (excludes halogenated alkanes) is 45. The molecule has 0 aromatic heterocycles. The largest absolute Gasteiger partial charge is 0.472 e. The monoisotopic (exact) mass is 1410 g/mol. The molecular weight excluding hydrogens is 1260 g/mol. The molecule has 0 spiro atoms. The zero-order valence-corrected chi connectivity index (χ0v) is 64.5. The van der Waals surface area contributed by atoms with E-state index in [1.165, 1.54) is 218 Å². The van der Waals surface area contributed by atoms with Crippen molar-refractivity contribution in [1.82, 2.24) is 0 Å². The summed E-state index contributed by atoms with van der Waals surface area (Å²) in [5, 5.41) is 10.6. The summed E-state index contributed by atoms with van der Waals surface area (Å²) in [4.78, 5) is 72.7. The molecule has 3 N–H and O–H groups in total. The summed E-state index contributed by atoms with van der Waals surface area (Å²) < 4.78 is 68.5. The molecule has 0 rings (SSSR count). The highest BCUT2D eigenvalue weighted by Crippen LogP contribution is 2.45. The second kappa shape index (κ2) is 68.8. The van der Waals surface area contributed by atoms with Crippen molar-refractivity contribution in [3.63, 3.8) is 0 Å². The van der Waals surface area contributed by atoms with Crippen molar-refractivity contribution in [2.75, 3.05) is 39.6 Å². The van der Waals surface area contributed by atoms with Crippen molar-refractivity contribution < 1.29 is 80.2 Å². The standard InChI is InChI=1S/C77H150O17P2/c1-7-10-12-14-16-18-20-21-22-23-24-25-26-27-28-29-30-31-37-43-49-55-61-76(81)93-72(65-88-75(80)60-54-48-42-36-33-32-34-40-46-52-58-70(6)9-3)67-91-95(83,84)89-63-71(78)64-90-96(85,86)92-68-73(94-77(82)62-56-50-44-38-39-45-51-57-69(4)5)66-87-74(79)59-53-47-41-35-19-17-15-13-11-8-2/h69-73,78H,7-68H2,1-6H3,(H,83,84)(H,85,86)/t70?,71-,72-,73-/m1/s1. The number of carbonyl (C=O) groups is 4. The molecule has 0 aromatic carbocycles. The zero-order valence-electron chi connectivity index (χ0n) is 62.7. The van der Waals surface area contributed by atoms with Crippen LogP contribution >= 0.6 is 15.6 Å². The summed E-state index contributed by atoms with van der Waals surface area (Å²) in [7, 11) is -9.91. The molecular formula is C77H150O17P2. The minimum Gasteiger partial charge on any atom is -0.462 e. The first-order valence-corrected chi connectivity index (χ1v) is 43.0. The molecule has 0 aliphatic heterocycles. The third-order valence-corrected chi connectivity index (χ3v) is 20.2. The summed E-state index contributed by atoms with van der Waals surface area (Å²) in [5.41, 5.74) is 0. The molecule has 0 heterocycles. The van der Waals surface area contributed by atoms with Crippen LogP contribution in [0.25, 0.3) is 0 Å². The first-order valence-electron chi connectivity index (χ1n) is 40.0. The lowest BCUT2D eigenvalue weighted by Gasteiger charge is -2.21. The first-order chi connectivity index (χ1) is 46.4. The van der Waals surface area contributed by atoms with Crippen LogP contribution in [0.2, 0.25) is 0 Å². The molecule has 0 aliphatic carbocycles. The van der Waals surface area contributed by atoms with E-state index in [1.807, 2.05) is 0 Å². The molecule has 570 valence electrons. The third kappa shape index (κ3) is 69.2. The minimum absolute atomic E-state index is 0.104. The summed E-state index contributed by atoms with van der Waals surface area (Å²) >= 11 is 0. The van der Waals surface area contributed by atoms with Crippen LogP contribution in [0.5, 0.6) is 0 Å². The normalized spacial score (nSPS) is 14.3. The van der Waals surface area contributed by atoms with E-state index < -0.39 is 97.5 Å². The Bertz CT molecular complexity index is 1860. The van der Waals surface area contributed by atoms with Crippen molar-refractivity contribution in [2.45, 2.75) is 419 Å². The van der Waals surface area contributed by atoms with Crippen LogP contribution < -0.4 is 0 Å². The number of phosphoric ester groups is 2. The molecule has 96 heavy (non-hydrogen) atoms. The summed E-state index contributed by atoms with van der Waals surface area (Å²) in [6.45, 7) is 9.55. The molecule has 0 aliphatic rings. The van der Waals surface area contributed by atoms with E-state index in [1.54, 1.807) is 0 Å². The van der Waals surface area contributed by atoms with E-state index in [0.717, 1.165) is 95.8 Å². The summed E-state index contributed by atoms with van der Waals surface area (Å²) in [6.07, 6.45) is 57.1. The van der Waals surface area contributed by atoms with E-state index >= 15 is 0 Å². The van der Waals surface area contributed by atoms with Crippen LogP contribution in [-0.2, 0) is 65.4 Å². The van der Waals surface area contributed by atoms with Crippen LogP contribution in [-0.4, -0.2) is 96.7 Å². The van der Waals surface area contributed by atoms with Crippen molar-refractivity contribution in [3.8, 4) is 0 Å². The molecule has 6 atom stereocenters. The maximum Gasteiger partial charge on any atom is 0.472 e. The highest BCUT2D eigenvalue weighted by atomic mass is 31.2. The highest BCUT2D eigenvalue weighted by Gasteiger charge is 2.30. The second-order valence-electron chi connectivity index (χ2n) is 28.5. The number of aliphatic hydroxyl groups excluding tert-OH is 1. The van der Waals surface area contributed by atoms with E-state index in [0.29, 0.717) is 31.6 Å². The fraction of sp³-hybridized carbons (Fsp3) is 0.948. The number of phosphoric acid groups is 2. The smallest absolute Gasteiger partial charge is 0.462 e. The van der Waals surface area contributed by atoms with Gasteiger partial charge in [-0.1, -0.05) is 350 Å². The maximum absolute atomic E-state index is 13.1. The van der Waals surface area contributed by atoms with E-state index in [2.05, 4.69) is 41.5 Å². The van der Waals surface area contributed by atoms with Gasteiger partial charge in [0.15, 0.2) is 12.2 Å². The number of ether oxygens (including phenoxy) is 4. The first kappa shape index (κ1) is 94.1.